The number of hydrogen-bond acceptors (Lipinski definition) is 4. The van der Waals surface area contributed by atoms with E-state index in [9.17, 15) is 13.0 Å². The van der Waals surface area contributed by atoms with Crippen molar-refractivity contribution in [2.45, 2.75) is 11.8 Å². The van der Waals surface area contributed by atoms with Crippen LogP contribution in [-0.4, -0.2) is 13.0 Å². The van der Waals surface area contributed by atoms with Gasteiger partial charge in [0.05, 0.1) is 4.90 Å². The summed E-state index contributed by atoms with van der Waals surface area (Å²) < 4.78 is 33.1. The van der Waals surface area contributed by atoms with Gasteiger partial charge in [0.1, 0.15) is 10.1 Å². The van der Waals surface area contributed by atoms with Crippen LogP contribution in [0.15, 0.2) is 65.6 Å². The van der Waals surface area contributed by atoms with Crippen LogP contribution >= 0.6 is 0 Å². The Kier molecular flexibility index (Phi) is 5.49. The Morgan fingerprint density at radius 1 is 0.826 bits per heavy atom. The van der Waals surface area contributed by atoms with Crippen LogP contribution in [0.25, 0.3) is 10.8 Å². The standard InChI is InChI=1S/C17H15NO3S.Na/c1-12-2-6-15(7-3-12)18-16-8-4-14-11-17(22(19,20)21)9-5-13(14)10-16;/h2-11,18H,1H3,(H,19,20,21);/q;+1/p-1. The molecule has 0 aliphatic carbocycles. The fourth-order valence-electron chi connectivity index (χ4n) is 2.26. The summed E-state index contributed by atoms with van der Waals surface area (Å²) in [6.07, 6.45) is 0. The molecule has 0 unspecified atom stereocenters. The Labute approximate surface area is 157 Å². The van der Waals surface area contributed by atoms with E-state index in [1.807, 2.05) is 43.3 Å². The van der Waals surface area contributed by atoms with E-state index in [0.29, 0.717) is 5.39 Å². The summed E-state index contributed by atoms with van der Waals surface area (Å²) in [6.45, 7) is 2.03. The van der Waals surface area contributed by atoms with Crippen molar-refractivity contribution in [2.24, 2.45) is 0 Å². The van der Waals surface area contributed by atoms with Gasteiger partial charge < -0.3 is 9.87 Å². The second-order valence-corrected chi connectivity index (χ2v) is 6.55. The number of nitrogens with one attached hydrogen (secondary N) is 1. The second kappa shape index (κ2) is 7.03. The molecule has 0 spiro atoms. The molecule has 0 fully saturated rings. The number of benzene rings is 3. The summed E-state index contributed by atoms with van der Waals surface area (Å²) in [5, 5.41) is 4.87. The third-order valence-electron chi connectivity index (χ3n) is 3.44. The molecular formula is C17H14NNaO3S. The van der Waals surface area contributed by atoms with Gasteiger partial charge in [-0.2, -0.15) is 0 Å². The average molecular weight is 335 g/mol. The van der Waals surface area contributed by atoms with Gasteiger partial charge in [0.2, 0.25) is 0 Å². The van der Waals surface area contributed by atoms with Crippen molar-refractivity contribution in [3.63, 3.8) is 0 Å². The number of hydrogen-bond donors (Lipinski definition) is 1. The van der Waals surface area contributed by atoms with Gasteiger partial charge in [-0.15, -0.1) is 0 Å². The number of rotatable bonds is 3. The molecular weight excluding hydrogens is 321 g/mol. The minimum Gasteiger partial charge on any atom is -0.744 e. The van der Waals surface area contributed by atoms with E-state index in [1.165, 1.54) is 17.7 Å². The van der Waals surface area contributed by atoms with Crippen molar-refractivity contribution < 1.29 is 42.5 Å². The van der Waals surface area contributed by atoms with Gasteiger partial charge in [0.25, 0.3) is 0 Å². The molecule has 4 nitrogen and oxygen atoms in total. The van der Waals surface area contributed by atoms with Crippen LogP contribution in [0.4, 0.5) is 11.4 Å². The van der Waals surface area contributed by atoms with Gasteiger partial charge in [-0.1, -0.05) is 29.8 Å². The van der Waals surface area contributed by atoms with Crippen molar-refractivity contribution in [2.75, 3.05) is 5.32 Å². The first-order valence-electron chi connectivity index (χ1n) is 6.75. The fourth-order valence-corrected chi connectivity index (χ4v) is 2.77. The minimum absolute atomic E-state index is 0. The van der Waals surface area contributed by atoms with Gasteiger partial charge >= 0.3 is 29.6 Å². The molecule has 0 atom stereocenters. The molecule has 0 heterocycles. The van der Waals surface area contributed by atoms with Crippen LogP contribution in [0.3, 0.4) is 0 Å². The van der Waals surface area contributed by atoms with Crippen LogP contribution in [0.1, 0.15) is 5.56 Å². The molecule has 23 heavy (non-hydrogen) atoms. The zero-order chi connectivity index (χ0) is 15.7. The van der Waals surface area contributed by atoms with E-state index >= 15 is 0 Å². The monoisotopic (exact) mass is 335 g/mol. The zero-order valence-electron chi connectivity index (χ0n) is 12.9. The van der Waals surface area contributed by atoms with Crippen molar-refractivity contribution in [1.82, 2.24) is 0 Å². The quantitative estimate of drug-likeness (QED) is 0.568. The van der Waals surface area contributed by atoms with Gasteiger partial charge in [-0.25, -0.2) is 8.42 Å². The van der Waals surface area contributed by atoms with E-state index in [1.54, 1.807) is 12.1 Å². The Morgan fingerprint density at radius 2 is 1.39 bits per heavy atom. The Balaban J connectivity index is 0.00000192. The third-order valence-corrected chi connectivity index (χ3v) is 4.27. The van der Waals surface area contributed by atoms with Crippen LogP contribution in [0, 0.1) is 6.92 Å². The summed E-state index contributed by atoms with van der Waals surface area (Å²) in [6, 6.07) is 18.0. The fraction of sp³-hybridized carbons (Fsp3) is 0.0588. The van der Waals surface area contributed by atoms with Crippen molar-refractivity contribution in [1.29, 1.82) is 0 Å². The van der Waals surface area contributed by atoms with Gasteiger partial charge in [-0.3, -0.25) is 0 Å². The summed E-state index contributed by atoms with van der Waals surface area (Å²) in [5.41, 5.74) is 3.06. The van der Waals surface area contributed by atoms with Crippen molar-refractivity contribution in [3.8, 4) is 0 Å². The number of fused-ring (bicyclic) bond motifs is 1. The van der Waals surface area contributed by atoms with Gasteiger partial charge in [0, 0.05) is 11.4 Å². The molecule has 0 saturated carbocycles. The molecule has 112 valence electrons. The predicted octanol–water partition coefficient (Wildman–Crippen LogP) is 0.800. The Bertz CT molecular complexity index is 938. The molecule has 0 aromatic heterocycles. The van der Waals surface area contributed by atoms with E-state index < -0.39 is 10.1 Å². The normalized spacial score (nSPS) is 11.0. The number of anilines is 2. The van der Waals surface area contributed by atoms with E-state index in [-0.39, 0.29) is 34.5 Å². The van der Waals surface area contributed by atoms with E-state index in [2.05, 4.69) is 5.32 Å². The molecule has 3 rings (SSSR count). The summed E-state index contributed by atoms with van der Waals surface area (Å²) in [4.78, 5) is -0.209. The molecule has 3 aromatic rings. The SMILES string of the molecule is Cc1ccc(Nc2ccc3cc(S(=O)(=O)[O-])ccc3c2)cc1.[Na+]. The molecule has 0 aliphatic rings. The van der Waals surface area contributed by atoms with Crippen LogP contribution in [0.2, 0.25) is 0 Å². The zero-order valence-corrected chi connectivity index (χ0v) is 15.7. The molecule has 0 aliphatic heterocycles. The van der Waals surface area contributed by atoms with Crippen LogP contribution < -0.4 is 34.9 Å². The summed E-state index contributed by atoms with van der Waals surface area (Å²) in [5.74, 6) is 0. The van der Waals surface area contributed by atoms with Crippen molar-refractivity contribution >= 4 is 32.3 Å². The molecule has 0 radical (unpaired) electrons. The largest absolute Gasteiger partial charge is 1.00 e. The molecule has 6 heteroatoms. The molecule has 0 saturated heterocycles. The van der Waals surface area contributed by atoms with E-state index in [0.717, 1.165) is 16.8 Å². The first-order valence-corrected chi connectivity index (χ1v) is 8.16. The van der Waals surface area contributed by atoms with Crippen molar-refractivity contribution in [3.05, 3.63) is 66.2 Å². The van der Waals surface area contributed by atoms with Gasteiger partial charge in [0.15, 0.2) is 0 Å². The van der Waals surface area contributed by atoms with Crippen LogP contribution in [-0.2, 0) is 10.1 Å². The second-order valence-electron chi connectivity index (χ2n) is 5.17. The topological polar surface area (TPSA) is 69.2 Å². The Hall–Kier alpha value is -1.37. The summed E-state index contributed by atoms with van der Waals surface area (Å²) >= 11 is 0. The van der Waals surface area contributed by atoms with Gasteiger partial charge in [-0.05, 0) is 54.1 Å². The maximum Gasteiger partial charge on any atom is 1.00 e. The first kappa shape index (κ1) is 18.0. The first-order chi connectivity index (χ1) is 10.4. The third kappa shape index (κ3) is 4.34. The molecule has 0 bridgehead atoms. The molecule has 3 aromatic carbocycles. The molecule has 0 amide bonds. The van der Waals surface area contributed by atoms with E-state index in [4.69, 9.17) is 0 Å². The maximum atomic E-state index is 11.0. The summed E-state index contributed by atoms with van der Waals surface area (Å²) in [7, 11) is -4.42. The predicted molar refractivity (Wildman–Crippen MR) is 86.4 cm³/mol. The Morgan fingerprint density at radius 3 is 2.04 bits per heavy atom. The molecule has 1 N–H and O–H groups in total. The minimum atomic E-state index is -4.42. The maximum absolute atomic E-state index is 11.0. The van der Waals surface area contributed by atoms with Crippen LogP contribution in [0.5, 0.6) is 0 Å². The average Bonchev–Trinajstić information content (AvgIpc) is 2.48. The number of aryl methyl sites for hydroxylation is 1. The smallest absolute Gasteiger partial charge is 0.744 e.